The number of hydrogen-bond donors (Lipinski definition) is 1. The molecule has 2 aliphatic carbocycles. The number of Topliss-reactive ketones (excluding diaryl/α,β-unsaturated/α-hetero) is 1. The van der Waals surface area contributed by atoms with Crippen LogP contribution in [0.5, 0.6) is 0 Å². The molecule has 10 heteroatoms. The molecule has 1 heterocycles. The minimum absolute atomic E-state index is 0.0507. The lowest BCUT2D eigenvalue weighted by Crippen LogP contribution is -2.32. The maximum Gasteiger partial charge on any atom is 0.359 e. The molecule has 0 saturated heterocycles. The third kappa shape index (κ3) is 6.32. The number of aliphatic hydroxyl groups is 1. The number of ether oxygens (including phenoxy) is 3. The van der Waals surface area contributed by atoms with Gasteiger partial charge >= 0.3 is 5.97 Å². The van der Waals surface area contributed by atoms with Gasteiger partial charge in [-0.1, -0.05) is 23.8 Å². The predicted octanol–water partition coefficient (Wildman–Crippen LogP) is 6.09. The van der Waals surface area contributed by atoms with Gasteiger partial charge in [-0.25, -0.2) is 4.79 Å². The van der Waals surface area contributed by atoms with Gasteiger partial charge in [-0.15, -0.1) is 0 Å². The maximum atomic E-state index is 13.9. The summed E-state index contributed by atoms with van der Waals surface area (Å²) in [6.45, 7) is 13.2. The zero-order chi connectivity index (χ0) is 34.0. The second kappa shape index (κ2) is 13.7. The average molecular weight is 640 g/mol. The van der Waals surface area contributed by atoms with Gasteiger partial charge in [-0.2, -0.15) is 10.1 Å². The second-order valence-corrected chi connectivity index (χ2v) is 11.7. The Morgan fingerprint density at radius 2 is 1.62 bits per heavy atom. The molecule has 0 atom stereocenters. The van der Waals surface area contributed by atoms with E-state index < -0.39 is 17.7 Å². The molecule has 1 aliphatic heterocycles. The number of anilines is 2. The number of carbonyl (C=O) groups excluding carboxylic acids is 3. The highest BCUT2D eigenvalue weighted by atomic mass is 16.5. The zero-order valence-electron chi connectivity index (χ0n) is 28.0. The predicted molar refractivity (Wildman–Crippen MR) is 181 cm³/mol. The molecule has 0 bridgehead atoms. The van der Waals surface area contributed by atoms with Crippen molar-refractivity contribution in [1.29, 1.82) is 0 Å². The molecule has 10 nitrogen and oxygen atoms in total. The summed E-state index contributed by atoms with van der Waals surface area (Å²) >= 11 is 0. The number of esters is 1. The highest BCUT2D eigenvalue weighted by Crippen LogP contribution is 2.42. The Kier molecular flexibility index (Phi) is 9.69. The topological polar surface area (TPSA) is 118 Å². The van der Waals surface area contributed by atoms with Gasteiger partial charge in [0, 0.05) is 25.1 Å². The van der Waals surface area contributed by atoms with Crippen LogP contribution in [0.15, 0.2) is 76.0 Å². The number of aliphatic hydroxyl groups excluding tert-OH is 1. The van der Waals surface area contributed by atoms with Crippen LogP contribution in [0.25, 0.3) is 5.57 Å². The van der Waals surface area contributed by atoms with Crippen molar-refractivity contribution in [2.24, 2.45) is 5.10 Å². The van der Waals surface area contributed by atoms with E-state index >= 15 is 0 Å². The normalized spacial score (nSPS) is 17.7. The third-order valence-corrected chi connectivity index (χ3v) is 8.55. The maximum absolute atomic E-state index is 13.9. The first kappa shape index (κ1) is 33.2. The van der Waals surface area contributed by atoms with Gasteiger partial charge < -0.3 is 24.2 Å². The molecule has 1 amide bonds. The van der Waals surface area contributed by atoms with Crippen molar-refractivity contribution < 1.29 is 33.7 Å². The molecule has 0 saturated carbocycles. The fraction of sp³-hybridized carbons (Fsp3) is 0.351. The number of methoxy groups -OCH3 is 1. The molecular formula is C37H41N3O7. The molecule has 0 unspecified atom stereocenters. The van der Waals surface area contributed by atoms with Gasteiger partial charge in [0.2, 0.25) is 5.78 Å². The molecular weight excluding hydrogens is 598 g/mol. The monoisotopic (exact) mass is 639 g/mol. The average Bonchev–Trinajstić information content (AvgIpc) is 3.36. The van der Waals surface area contributed by atoms with Crippen LogP contribution in [-0.2, 0) is 28.6 Å². The molecule has 246 valence electrons. The Hall–Kier alpha value is -5.12. The van der Waals surface area contributed by atoms with Crippen molar-refractivity contribution in [1.82, 2.24) is 0 Å². The first-order valence-corrected chi connectivity index (χ1v) is 15.8. The number of ketones is 1. The molecule has 2 aromatic rings. The van der Waals surface area contributed by atoms with E-state index in [9.17, 15) is 19.5 Å². The Morgan fingerprint density at radius 1 is 0.936 bits per heavy atom. The summed E-state index contributed by atoms with van der Waals surface area (Å²) in [7, 11) is 1.67. The van der Waals surface area contributed by atoms with Crippen LogP contribution in [0, 0.1) is 27.7 Å². The van der Waals surface area contributed by atoms with Gasteiger partial charge in [0.25, 0.3) is 5.91 Å². The van der Waals surface area contributed by atoms with E-state index in [1.807, 2.05) is 64.1 Å². The van der Waals surface area contributed by atoms with Crippen LogP contribution < -0.4 is 9.91 Å². The van der Waals surface area contributed by atoms with E-state index in [0.717, 1.165) is 63.9 Å². The van der Waals surface area contributed by atoms with Crippen LogP contribution in [0.1, 0.15) is 54.5 Å². The standard InChI is InChI=1S/C37H41N3O7/c1-8-39(16-17-47-27-13-11-26(45-7)12-14-27)25-10-15-28(22(4)20-25)29-34(41)31(35(29)42)30-32(37(44)46-9-2)38-40(36(30)43)33-23(5)18-21(3)19-24(33)6/h10-11,13,15,18-20,41H,8-9,12,14,16-17H2,1-7H3. The number of hydrazone groups is 1. The Morgan fingerprint density at radius 3 is 2.19 bits per heavy atom. The first-order chi connectivity index (χ1) is 22.5. The largest absolute Gasteiger partial charge is 0.506 e. The second-order valence-electron chi connectivity index (χ2n) is 11.7. The first-order valence-electron chi connectivity index (χ1n) is 15.8. The molecule has 5 rings (SSSR count). The van der Waals surface area contributed by atoms with Crippen molar-refractivity contribution >= 4 is 40.3 Å². The number of carbonyl (C=O) groups is 3. The number of hydrogen-bond acceptors (Lipinski definition) is 9. The van der Waals surface area contributed by atoms with Crippen LogP contribution in [0.2, 0.25) is 0 Å². The highest BCUT2D eigenvalue weighted by Gasteiger charge is 2.47. The van der Waals surface area contributed by atoms with Crippen molar-refractivity contribution in [2.45, 2.75) is 54.4 Å². The molecule has 0 aromatic heterocycles. The van der Waals surface area contributed by atoms with E-state index in [2.05, 4.69) is 16.9 Å². The minimum Gasteiger partial charge on any atom is -0.506 e. The summed E-state index contributed by atoms with van der Waals surface area (Å²) in [5.74, 6) is -0.545. The van der Waals surface area contributed by atoms with E-state index in [0.29, 0.717) is 24.4 Å². The van der Waals surface area contributed by atoms with Crippen molar-refractivity contribution in [3.05, 3.63) is 98.7 Å². The van der Waals surface area contributed by atoms with E-state index in [-0.39, 0.29) is 34.8 Å². The molecule has 47 heavy (non-hydrogen) atoms. The van der Waals surface area contributed by atoms with Gasteiger partial charge in [-0.3, -0.25) is 9.59 Å². The SMILES string of the molecule is CCOC(=O)C1=NN(c2c(C)cc(C)cc2C)C(=O)C1=C1C(=O)C(c2ccc(N(CC)CCOC3=CC=C(OC)CC3)cc2C)=C1O. The number of amides is 1. The Bertz CT molecular complexity index is 1790. The van der Waals surface area contributed by atoms with E-state index in [1.54, 1.807) is 20.1 Å². The molecule has 3 aliphatic rings. The summed E-state index contributed by atoms with van der Waals surface area (Å²) in [4.78, 5) is 42.7. The summed E-state index contributed by atoms with van der Waals surface area (Å²) in [5, 5.41) is 16.8. The fourth-order valence-electron chi connectivity index (χ4n) is 6.28. The lowest BCUT2D eigenvalue weighted by molar-refractivity contribution is -0.135. The lowest BCUT2D eigenvalue weighted by Gasteiger charge is -2.27. The van der Waals surface area contributed by atoms with Crippen LogP contribution in [0.4, 0.5) is 11.4 Å². The number of allylic oxidation sites excluding steroid dienone is 6. The van der Waals surface area contributed by atoms with Crippen molar-refractivity contribution in [3.63, 3.8) is 0 Å². The van der Waals surface area contributed by atoms with Gasteiger partial charge in [0.15, 0.2) is 5.71 Å². The molecule has 0 fully saturated rings. The van der Waals surface area contributed by atoms with Gasteiger partial charge in [-0.05, 0) is 88.1 Å². The summed E-state index contributed by atoms with van der Waals surface area (Å²) in [6, 6.07) is 9.47. The fourth-order valence-corrected chi connectivity index (χ4v) is 6.28. The number of benzene rings is 2. The molecule has 1 N–H and O–H groups in total. The smallest absolute Gasteiger partial charge is 0.359 e. The quantitative estimate of drug-likeness (QED) is 0.232. The van der Waals surface area contributed by atoms with Crippen molar-refractivity contribution in [3.8, 4) is 0 Å². The van der Waals surface area contributed by atoms with E-state index in [4.69, 9.17) is 14.2 Å². The minimum atomic E-state index is -0.845. The number of aryl methyl sites for hydroxylation is 4. The number of nitrogens with zero attached hydrogens (tertiary/aromatic N) is 3. The lowest BCUT2D eigenvalue weighted by atomic mass is 9.78. The molecule has 0 spiro atoms. The summed E-state index contributed by atoms with van der Waals surface area (Å²) < 4.78 is 16.5. The summed E-state index contributed by atoms with van der Waals surface area (Å²) in [5.41, 5.74) is 4.64. The van der Waals surface area contributed by atoms with E-state index in [1.165, 1.54) is 0 Å². The molecule has 0 radical (unpaired) electrons. The number of rotatable bonds is 11. The zero-order valence-corrected chi connectivity index (χ0v) is 28.0. The van der Waals surface area contributed by atoms with Gasteiger partial charge in [0.1, 0.15) is 12.4 Å². The highest BCUT2D eigenvalue weighted by molar-refractivity contribution is 6.56. The Balaban J connectivity index is 1.42. The van der Waals surface area contributed by atoms with Crippen LogP contribution >= 0.6 is 0 Å². The summed E-state index contributed by atoms with van der Waals surface area (Å²) in [6.07, 6.45) is 5.49. The third-order valence-electron chi connectivity index (χ3n) is 8.55. The molecule has 2 aromatic carbocycles. The van der Waals surface area contributed by atoms with Crippen LogP contribution in [-0.4, -0.2) is 61.9 Å². The Labute approximate surface area is 275 Å². The number of likely N-dealkylation sites (N-methyl/N-ethyl adjacent to an activating group) is 1. The van der Waals surface area contributed by atoms with Crippen LogP contribution in [0.3, 0.4) is 0 Å². The van der Waals surface area contributed by atoms with Crippen molar-refractivity contribution in [2.75, 3.05) is 43.3 Å². The van der Waals surface area contributed by atoms with Gasteiger partial charge in [0.05, 0.1) is 54.2 Å².